The van der Waals surface area contributed by atoms with Gasteiger partial charge in [-0.25, -0.2) is 4.79 Å². The average Bonchev–Trinajstić information content (AvgIpc) is 3.11. The first-order chi connectivity index (χ1) is 14.1. The van der Waals surface area contributed by atoms with E-state index in [1.165, 1.54) is 0 Å². The van der Waals surface area contributed by atoms with Crippen LogP contribution in [0, 0.1) is 0 Å². The van der Waals surface area contributed by atoms with Crippen LogP contribution in [0.2, 0.25) is 10.0 Å². The van der Waals surface area contributed by atoms with Gasteiger partial charge in [-0.05, 0) is 30.3 Å². The van der Waals surface area contributed by atoms with Gasteiger partial charge in [-0.15, -0.1) is 0 Å². The molecule has 3 aromatic carbocycles. The van der Waals surface area contributed by atoms with Crippen molar-refractivity contribution in [3.63, 3.8) is 0 Å². The Hall–Kier alpha value is -2.95. The van der Waals surface area contributed by atoms with Gasteiger partial charge < -0.3 is 13.9 Å². The van der Waals surface area contributed by atoms with Crippen molar-refractivity contribution in [2.45, 2.75) is 13.2 Å². The Morgan fingerprint density at radius 2 is 1.66 bits per heavy atom. The van der Waals surface area contributed by atoms with Gasteiger partial charge in [0.05, 0.1) is 5.56 Å². The van der Waals surface area contributed by atoms with E-state index in [-0.39, 0.29) is 19.0 Å². The van der Waals surface area contributed by atoms with Crippen LogP contribution in [0.5, 0.6) is 5.75 Å². The zero-order valence-corrected chi connectivity index (χ0v) is 16.7. The number of halogens is 2. The number of carbonyl (C=O) groups excluding carboxylic acids is 1. The molecule has 146 valence electrons. The molecule has 0 radical (unpaired) electrons. The Kier molecular flexibility index (Phi) is 5.74. The Balaban J connectivity index is 1.57. The minimum Gasteiger partial charge on any atom is -0.489 e. The number of carbonyl (C=O) groups is 1. The van der Waals surface area contributed by atoms with Gasteiger partial charge in [-0.1, -0.05) is 65.7 Å². The molecule has 4 nitrogen and oxygen atoms in total. The van der Waals surface area contributed by atoms with Crippen LogP contribution in [0.4, 0.5) is 0 Å². The van der Waals surface area contributed by atoms with Crippen LogP contribution < -0.4 is 4.74 Å². The van der Waals surface area contributed by atoms with Crippen molar-refractivity contribution in [3.8, 4) is 5.75 Å². The Morgan fingerprint density at radius 3 is 2.45 bits per heavy atom. The van der Waals surface area contributed by atoms with Gasteiger partial charge in [0.15, 0.2) is 0 Å². The van der Waals surface area contributed by atoms with E-state index in [9.17, 15) is 4.79 Å². The molecule has 0 aliphatic rings. The summed E-state index contributed by atoms with van der Waals surface area (Å²) in [5.41, 5.74) is 1.88. The fraction of sp³-hybridized carbons (Fsp3) is 0.0870. The number of fused-ring (bicyclic) bond motifs is 1. The van der Waals surface area contributed by atoms with Gasteiger partial charge >= 0.3 is 5.97 Å². The SMILES string of the molecule is O=C(OCc1ccc(Cl)cc1Cl)c1oc2ccccc2c1COc1ccccc1. The highest BCUT2D eigenvalue weighted by atomic mass is 35.5. The summed E-state index contributed by atoms with van der Waals surface area (Å²) in [5.74, 6) is 0.233. The van der Waals surface area contributed by atoms with Crippen LogP contribution in [0.3, 0.4) is 0 Å². The van der Waals surface area contributed by atoms with Crippen LogP contribution in [-0.4, -0.2) is 5.97 Å². The van der Waals surface area contributed by atoms with Gasteiger partial charge in [0, 0.05) is 21.0 Å². The Labute approximate surface area is 177 Å². The molecule has 0 fully saturated rings. The molecule has 0 saturated carbocycles. The molecule has 6 heteroatoms. The fourth-order valence-electron chi connectivity index (χ4n) is 2.93. The predicted molar refractivity (Wildman–Crippen MR) is 113 cm³/mol. The molecule has 0 aliphatic heterocycles. The van der Waals surface area contributed by atoms with E-state index in [4.69, 9.17) is 37.1 Å². The summed E-state index contributed by atoms with van der Waals surface area (Å²) in [6.45, 7) is 0.179. The monoisotopic (exact) mass is 426 g/mol. The molecule has 0 bridgehead atoms. The molecule has 4 aromatic rings. The summed E-state index contributed by atoms with van der Waals surface area (Å²) in [5, 5.41) is 1.75. The lowest BCUT2D eigenvalue weighted by atomic mass is 10.1. The summed E-state index contributed by atoms with van der Waals surface area (Å²) < 4.78 is 17.1. The van der Waals surface area contributed by atoms with E-state index in [1.807, 2.05) is 48.5 Å². The number of rotatable bonds is 6. The fourth-order valence-corrected chi connectivity index (χ4v) is 3.39. The topological polar surface area (TPSA) is 48.7 Å². The van der Waals surface area contributed by atoms with Gasteiger partial charge in [0.2, 0.25) is 5.76 Å². The lowest BCUT2D eigenvalue weighted by Gasteiger charge is -2.08. The van der Waals surface area contributed by atoms with Gasteiger partial charge in [0.25, 0.3) is 0 Å². The van der Waals surface area contributed by atoms with Crippen molar-refractivity contribution in [2.75, 3.05) is 0 Å². The van der Waals surface area contributed by atoms with Crippen molar-refractivity contribution in [3.05, 3.63) is 99.7 Å². The van der Waals surface area contributed by atoms with Crippen LogP contribution in [0.15, 0.2) is 77.2 Å². The van der Waals surface area contributed by atoms with E-state index in [0.29, 0.717) is 32.5 Å². The predicted octanol–water partition coefficient (Wildman–Crippen LogP) is 6.68. The van der Waals surface area contributed by atoms with Crippen molar-refractivity contribution < 1.29 is 18.7 Å². The second kappa shape index (κ2) is 8.60. The zero-order valence-electron chi connectivity index (χ0n) is 15.2. The molecular weight excluding hydrogens is 411 g/mol. The van der Waals surface area contributed by atoms with Crippen LogP contribution >= 0.6 is 23.2 Å². The standard InChI is InChI=1S/C23H16Cl2O4/c24-16-11-10-15(20(25)12-16)13-28-23(26)22-19(14-27-17-6-2-1-3-7-17)18-8-4-5-9-21(18)29-22/h1-12H,13-14H2. The quantitative estimate of drug-likeness (QED) is 0.322. The smallest absolute Gasteiger partial charge is 0.375 e. The molecule has 0 aliphatic carbocycles. The second-order valence-electron chi connectivity index (χ2n) is 6.32. The van der Waals surface area contributed by atoms with E-state index in [2.05, 4.69) is 0 Å². The van der Waals surface area contributed by atoms with Crippen molar-refractivity contribution >= 4 is 40.1 Å². The molecule has 0 saturated heterocycles. The lowest BCUT2D eigenvalue weighted by Crippen LogP contribution is -2.08. The second-order valence-corrected chi connectivity index (χ2v) is 7.16. The summed E-state index contributed by atoms with van der Waals surface area (Å²) in [6, 6.07) is 21.8. The minimum absolute atomic E-state index is 0.00482. The van der Waals surface area contributed by atoms with Crippen LogP contribution in [-0.2, 0) is 18.0 Å². The summed E-state index contributed by atoms with van der Waals surface area (Å²) in [7, 11) is 0. The lowest BCUT2D eigenvalue weighted by molar-refractivity contribution is 0.0435. The number of furan rings is 1. The molecule has 0 atom stereocenters. The van der Waals surface area contributed by atoms with E-state index in [1.54, 1.807) is 24.3 Å². The van der Waals surface area contributed by atoms with E-state index >= 15 is 0 Å². The summed E-state index contributed by atoms with van der Waals surface area (Å²) >= 11 is 12.1. The molecule has 0 unspecified atom stereocenters. The van der Waals surface area contributed by atoms with Crippen LogP contribution in [0.1, 0.15) is 21.7 Å². The Morgan fingerprint density at radius 1 is 0.897 bits per heavy atom. The maximum absolute atomic E-state index is 12.8. The molecule has 4 rings (SSSR count). The average molecular weight is 427 g/mol. The van der Waals surface area contributed by atoms with E-state index < -0.39 is 5.97 Å². The van der Waals surface area contributed by atoms with Gasteiger partial charge in [-0.3, -0.25) is 0 Å². The maximum Gasteiger partial charge on any atom is 0.375 e. The first-order valence-corrected chi connectivity index (χ1v) is 9.67. The molecule has 29 heavy (non-hydrogen) atoms. The third-order valence-corrected chi connectivity index (χ3v) is 4.97. The molecule has 1 aromatic heterocycles. The number of benzene rings is 3. The molecular formula is C23H16Cl2O4. The molecule has 1 heterocycles. The maximum atomic E-state index is 12.8. The number of hydrogen-bond acceptors (Lipinski definition) is 4. The zero-order chi connectivity index (χ0) is 20.2. The number of esters is 1. The molecule has 0 spiro atoms. The normalized spacial score (nSPS) is 10.8. The van der Waals surface area contributed by atoms with Gasteiger partial charge in [0.1, 0.15) is 24.5 Å². The first-order valence-electron chi connectivity index (χ1n) is 8.91. The first kappa shape index (κ1) is 19.4. The highest BCUT2D eigenvalue weighted by Crippen LogP contribution is 2.29. The summed E-state index contributed by atoms with van der Waals surface area (Å²) in [6.07, 6.45) is 0. The van der Waals surface area contributed by atoms with Crippen molar-refractivity contribution in [1.29, 1.82) is 0 Å². The number of para-hydroxylation sites is 2. The summed E-state index contributed by atoms with van der Waals surface area (Å²) in [4.78, 5) is 12.8. The third-order valence-electron chi connectivity index (χ3n) is 4.38. The van der Waals surface area contributed by atoms with Crippen molar-refractivity contribution in [1.82, 2.24) is 0 Å². The number of ether oxygens (including phenoxy) is 2. The highest BCUT2D eigenvalue weighted by molar-refractivity contribution is 6.35. The van der Waals surface area contributed by atoms with Crippen LogP contribution in [0.25, 0.3) is 11.0 Å². The van der Waals surface area contributed by atoms with Crippen molar-refractivity contribution in [2.24, 2.45) is 0 Å². The van der Waals surface area contributed by atoms with E-state index in [0.717, 1.165) is 5.39 Å². The molecule has 0 N–H and O–H groups in total. The number of hydrogen-bond donors (Lipinski definition) is 0. The Bertz CT molecular complexity index is 1150. The highest BCUT2D eigenvalue weighted by Gasteiger charge is 2.22. The largest absolute Gasteiger partial charge is 0.489 e. The molecule has 0 amide bonds. The van der Waals surface area contributed by atoms with Gasteiger partial charge in [-0.2, -0.15) is 0 Å². The third kappa shape index (κ3) is 4.39. The minimum atomic E-state index is -0.584.